The van der Waals surface area contributed by atoms with E-state index < -0.39 is 0 Å². The van der Waals surface area contributed by atoms with E-state index in [2.05, 4.69) is 4.74 Å². The number of Topliss-reactive ketones (excluding diaryl/α,β-unsaturated/α-hetero) is 1. The fourth-order valence-corrected chi connectivity index (χ4v) is 1.94. The molecule has 110 valence electrons. The molecule has 6 heteroatoms. The first-order valence-corrected chi connectivity index (χ1v) is 6.42. The van der Waals surface area contributed by atoms with Crippen LogP contribution in [-0.4, -0.2) is 33.1 Å². The van der Waals surface area contributed by atoms with Crippen molar-refractivity contribution < 1.29 is 23.8 Å². The van der Waals surface area contributed by atoms with Gasteiger partial charge in [0.05, 0.1) is 31.9 Å². The van der Waals surface area contributed by atoms with Crippen LogP contribution in [0.25, 0.3) is 0 Å². The van der Waals surface area contributed by atoms with Crippen LogP contribution in [0, 0.1) is 0 Å². The van der Waals surface area contributed by atoms with Crippen LogP contribution >= 0.6 is 11.6 Å². The zero-order valence-electron chi connectivity index (χ0n) is 11.7. The van der Waals surface area contributed by atoms with Crippen molar-refractivity contribution >= 4 is 23.4 Å². The van der Waals surface area contributed by atoms with Gasteiger partial charge in [-0.25, -0.2) is 0 Å². The predicted octanol–water partition coefficient (Wildman–Crippen LogP) is 2.88. The van der Waals surface area contributed by atoms with Crippen molar-refractivity contribution in [2.75, 3.05) is 21.3 Å². The van der Waals surface area contributed by atoms with Crippen molar-refractivity contribution in [3.05, 3.63) is 22.7 Å². The number of benzene rings is 1. The van der Waals surface area contributed by atoms with Crippen molar-refractivity contribution in [3.63, 3.8) is 0 Å². The number of hydrogen-bond acceptors (Lipinski definition) is 5. The molecule has 0 aliphatic rings. The molecule has 0 aliphatic carbocycles. The van der Waals surface area contributed by atoms with Crippen LogP contribution in [-0.2, 0) is 9.53 Å². The van der Waals surface area contributed by atoms with Gasteiger partial charge in [-0.05, 0) is 12.5 Å². The summed E-state index contributed by atoms with van der Waals surface area (Å²) in [4.78, 5) is 23.1. The smallest absolute Gasteiger partial charge is 0.305 e. The molecule has 0 unspecified atom stereocenters. The Balaban J connectivity index is 2.83. The van der Waals surface area contributed by atoms with E-state index in [0.29, 0.717) is 28.5 Å². The van der Waals surface area contributed by atoms with Gasteiger partial charge in [0, 0.05) is 18.9 Å². The number of carbonyl (C=O) groups is 2. The van der Waals surface area contributed by atoms with E-state index >= 15 is 0 Å². The Morgan fingerprint density at radius 3 is 2.25 bits per heavy atom. The molecule has 1 aromatic carbocycles. The fraction of sp³-hybridized carbons (Fsp3) is 0.429. The van der Waals surface area contributed by atoms with Crippen LogP contribution in [0.4, 0.5) is 0 Å². The standard InChI is InChI=1S/C14H17ClO5/c1-18-12-8-10(15)13(19-2)7-9(12)11(16)5-4-6-14(17)20-3/h7-8H,4-6H2,1-3H3. The average Bonchev–Trinajstić information content (AvgIpc) is 2.46. The van der Waals surface area contributed by atoms with Crippen LogP contribution in [0.2, 0.25) is 5.02 Å². The summed E-state index contributed by atoms with van der Waals surface area (Å²) in [7, 11) is 4.25. The molecule has 0 N–H and O–H groups in total. The molecule has 0 saturated carbocycles. The van der Waals surface area contributed by atoms with Gasteiger partial charge in [-0.2, -0.15) is 0 Å². The zero-order valence-corrected chi connectivity index (χ0v) is 12.5. The molecular formula is C14H17ClO5. The molecule has 1 rings (SSSR count). The van der Waals surface area contributed by atoms with Gasteiger partial charge < -0.3 is 14.2 Å². The SMILES string of the molecule is COC(=O)CCCC(=O)c1cc(OC)c(Cl)cc1OC. The molecule has 1 aromatic rings. The summed E-state index contributed by atoms with van der Waals surface area (Å²) in [5.41, 5.74) is 0.388. The van der Waals surface area contributed by atoms with E-state index in [9.17, 15) is 9.59 Å². The second kappa shape index (κ2) is 7.75. The Bertz CT molecular complexity index is 499. The first-order chi connectivity index (χ1) is 9.53. The Morgan fingerprint density at radius 2 is 1.70 bits per heavy atom. The van der Waals surface area contributed by atoms with Crippen LogP contribution in [0.15, 0.2) is 12.1 Å². The highest BCUT2D eigenvalue weighted by molar-refractivity contribution is 6.32. The molecular weight excluding hydrogens is 284 g/mol. The maximum atomic E-state index is 12.1. The van der Waals surface area contributed by atoms with E-state index in [-0.39, 0.29) is 24.6 Å². The Morgan fingerprint density at radius 1 is 1.05 bits per heavy atom. The minimum Gasteiger partial charge on any atom is -0.496 e. The molecule has 0 fully saturated rings. The number of methoxy groups -OCH3 is 3. The van der Waals surface area contributed by atoms with Gasteiger partial charge in [0.2, 0.25) is 0 Å². The lowest BCUT2D eigenvalue weighted by Gasteiger charge is -2.11. The second-order valence-electron chi connectivity index (χ2n) is 4.04. The second-order valence-corrected chi connectivity index (χ2v) is 4.45. The monoisotopic (exact) mass is 300 g/mol. The maximum absolute atomic E-state index is 12.1. The first-order valence-electron chi connectivity index (χ1n) is 6.05. The zero-order chi connectivity index (χ0) is 15.1. The summed E-state index contributed by atoms with van der Waals surface area (Å²) >= 11 is 5.97. The van der Waals surface area contributed by atoms with Crippen LogP contribution in [0.3, 0.4) is 0 Å². The number of halogens is 1. The topological polar surface area (TPSA) is 61.8 Å². The van der Waals surface area contributed by atoms with Crippen LogP contribution in [0.1, 0.15) is 29.6 Å². The largest absolute Gasteiger partial charge is 0.496 e. The van der Waals surface area contributed by atoms with E-state index in [1.54, 1.807) is 6.07 Å². The predicted molar refractivity (Wildman–Crippen MR) is 74.8 cm³/mol. The number of ketones is 1. The first kappa shape index (κ1) is 16.3. The van der Waals surface area contributed by atoms with Gasteiger partial charge in [-0.3, -0.25) is 9.59 Å². The van der Waals surface area contributed by atoms with Gasteiger partial charge in [0.15, 0.2) is 5.78 Å². The summed E-state index contributed by atoms with van der Waals surface area (Å²) in [6.07, 6.45) is 0.838. The number of hydrogen-bond donors (Lipinski definition) is 0. The lowest BCUT2D eigenvalue weighted by Crippen LogP contribution is -2.06. The van der Waals surface area contributed by atoms with E-state index in [0.717, 1.165) is 0 Å². The Hall–Kier alpha value is -1.75. The van der Waals surface area contributed by atoms with Gasteiger partial charge >= 0.3 is 5.97 Å². The minimum absolute atomic E-state index is 0.138. The summed E-state index contributed by atoms with van der Waals surface area (Å²) < 4.78 is 14.7. The molecule has 5 nitrogen and oxygen atoms in total. The molecule has 0 bridgehead atoms. The molecule has 0 aromatic heterocycles. The highest BCUT2D eigenvalue weighted by Crippen LogP contribution is 2.33. The van der Waals surface area contributed by atoms with Gasteiger partial charge in [0.1, 0.15) is 11.5 Å². The molecule has 0 amide bonds. The quantitative estimate of drug-likeness (QED) is 0.572. The van der Waals surface area contributed by atoms with Crippen molar-refractivity contribution in [1.82, 2.24) is 0 Å². The summed E-state index contributed by atoms with van der Waals surface area (Å²) in [5, 5.41) is 0.371. The third-order valence-electron chi connectivity index (χ3n) is 2.79. The van der Waals surface area contributed by atoms with Gasteiger partial charge in [-0.15, -0.1) is 0 Å². The molecule has 0 aliphatic heterocycles. The Kier molecular flexibility index (Phi) is 6.31. The summed E-state index contributed by atoms with van der Waals surface area (Å²) in [5.74, 6) is 0.321. The molecule has 0 atom stereocenters. The van der Waals surface area contributed by atoms with E-state index in [1.165, 1.54) is 27.4 Å². The third kappa shape index (κ3) is 4.13. The number of rotatable bonds is 7. The summed E-state index contributed by atoms with van der Waals surface area (Å²) in [6, 6.07) is 3.08. The highest BCUT2D eigenvalue weighted by atomic mass is 35.5. The van der Waals surface area contributed by atoms with Gasteiger partial charge in [0.25, 0.3) is 0 Å². The summed E-state index contributed by atoms with van der Waals surface area (Å²) in [6.45, 7) is 0. The van der Waals surface area contributed by atoms with Crippen LogP contribution in [0.5, 0.6) is 11.5 Å². The molecule has 0 radical (unpaired) electrons. The maximum Gasteiger partial charge on any atom is 0.305 e. The normalized spacial score (nSPS) is 10.0. The number of carbonyl (C=O) groups excluding carboxylic acids is 2. The average molecular weight is 301 g/mol. The Labute approximate surface area is 122 Å². The van der Waals surface area contributed by atoms with Crippen molar-refractivity contribution in [3.8, 4) is 11.5 Å². The minimum atomic E-state index is -0.335. The van der Waals surface area contributed by atoms with Crippen molar-refractivity contribution in [1.29, 1.82) is 0 Å². The van der Waals surface area contributed by atoms with Crippen molar-refractivity contribution in [2.45, 2.75) is 19.3 Å². The van der Waals surface area contributed by atoms with E-state index in [1.807, 2.05) is 0 Å². The van der Waals surface area contributed by atoms with E-state index in [4.69, 9.17) is 21.1 Å². The fourth-order valence-electron chi connectivity index (χ4n) is 1.71. The van der Waals surface area contributed by atoms with Gasteiger partial charge in [-0.1, -0.05) is 11.6 Å². The number of esters is 1. The molecule has 0 heterocycles. The number of ether oxygens (including phenoxy) is 3. The third-order valence-corrected chi connectivity index (χ3v) is 3.08. The van der Waals surface area contributed by atoms with Crippen LogP contribution < -0.4 is 9.47 Å². The highest BCUT2D eigenvalue weighted by Gasteiger charge is 2.16. The molecule has 20 heavy (non-hydrogen) atoms. The lowest BCUT2D eigenvalue weighted by molar-refractivity contribution is -0.140. The molecule has 0 spiro atoms. The molecule has 0 saturated heterocycles. The lowest BCUT2D eigenvalue weighted by atomic mass is 10.0. The van der Waals surface area contributed by atoms with Crippen molar-refractivity contribution in [2.24, 2.45) is 0 Å².